The van der Waals surface area contributed by atoms with Crippen LogP contribution in [-0.4, -0.2) is 61.2 Å². The molecule has 9 heteroatoms. The number of hydrogen-bond donors (Lipinski definition) is 1. The molecule has 3 aliphatic carbocycles. The van der Waals surface area contributed by atoms with E-state index in [0.29, 0.717) is 67.3 Å². The molecular formula is C28H34ClN5O3. The number of methoxy groups -OCH3 is 2. The molecular weight excluding hydrogens is 490 g/mol. The van der Waals surface area contributed by atoms with E-state index in [1.54, 1.807) is 20.3 Å². The number of anilines is 2. The number of nitrogens with two attached hydrogens (primary N) is 1. The summed E-state index contributed by atoms with van der Waals surface area (Å²) in [5, 5.41) is 4.20. The normalized spacial score (nSPS) is 16.7. The molecule has 1 saturated heterocycles. The molecule has 8 nitrogen and oxygen atoms in total. The average molecular weight is 524 g/mol. The second kappa shape index (κ2) is 11.0. The van der Waals surface area contributed by atoms with Crippen molar-refractivity contribution >= 4 is 40.2 Å². The predicted molar refractivity (Wildman–Crippen MR) is 146 cm³/mol. The van der Waals surface area contributed by atoms with E-state index in [4.69, 9.17) is 31.8 Å². The number of carbonyl (C=O) groups is 1. The number of nitrogens with zero attached hydrogens (tertiary/aromatic N) is 4. The molecule has 1 aromatic heterocycles. The number of piperazine rings is 1. The maximum atomic E-state index is 12.7. The van der Waals surface area contributed by atoms with Crippen molar-refractivity contribution in [2.45, 2.75) is 38.5 Å². The first-order valence-electron chi connectivity index (χ1n) is 13.0. The molecule has 6 rings (SSSR count). The zero-order valence-corrected chi connectivity index (χ0v) is 22.3. The number of hydrogen-bond acceptors (Lipinski definition) is 7. The lowest BCUT2D eigenvalue weighted by molar-refractivity contribution is -0.132. The predicted octanol–water partition coefficient (Wildman–Crippen LogP) is 4.79. The van der Waals surface area contributed by atoms with Gasteiger partial charge in [0.15, 0.2) is 11.5 Å². The fourth-order valence-corrected chi connectivity index (χ4v) is 5.56. The Bertz CT molecular complexity index is 1380. The van der Waals surface area contributed by atoms with Crippen LogP contribution in [-0.2, 0) is 4.79 Å². The van der Waals surface area contributed by atoms with Crippen molar-refractivity contribution < 1.29 is 14.3 Å². The molecule has 0 spiro atoms. The third-order valence-electron chi connectivity index (χ3n) is 7.60. The largest absolute Gasteiger partial charge is 0.493 e. The lowest BCUT2D eigenvalue weighted by Crippen LogP contribution is -2.49. The molecule has 1 saturated carbocycles. The minimum absolute atomic E-state index is 0.289. The number of carbonyl (C=O) groups excluding carboxylic acids is 1. The Balaban J connectivity index is 0.000000340. The van der Waals surface area contributed by atoms with Crippen LogP contribution in [0.3, 0.4) is 0 Å². The van der Waals surface area contributed by atoms with Crippen molar-refractivity contribution in [3.8, 4) is 11.5 Å². The number of benzene rings is 2. The van der Waals surface area contributed by atoms with Gasteiger partial charge >= 0.3 is 0 Å². The van der Waals surface area contributed by atoms with Crippen molar-refractivity contribution in [1.82, 2.24) is 14.9 Å². The first kappa shape index (κ1) is 25.4. The Labute approximate surface area is 222 Å². The minimum Gasteiger partial charge on any atom is -0.493 e. The van der Waals surface area contributed by atoms with E-state index >= 15 is 0 Å². The quantitative estimate of drug-likeness (QED) is 0.402. The van der Waals surface area contributed by atoms with E-state index < -0.39 is 0 Å². The van der Waals surface area contributed by atoms with Gasteiger partial charge in [-0.05, 0) is 36.1 Å². The van der Waals surface area contributed by atoms with Crippen molar-refractivity contribution in [3.05, 3.63) is 45.8 Å². The number of amides is 1. The van der Waals surface area contributed by atoms with Gasteiger partial charge in [0.2, 0.25) is 11.9 Å². The third-order valence-corrected chi connectivity index (χ3v) is 7.91. The molecule has 2 fully saturated rings. The van der Waals surface area contributed by atoms with Gasteiger partial charge in [-0.1, -0.05) is 43.0 Å². The highest BCUT2D eigenvalue weighted by atomic mass is 35.5. The summed E-state index contributed by atoms with van der Waals surface area (Å²) in [6.07, 6.45) is 6.94. The van der Waals surface area contributed by atoms with E-state index in [-0.39, 0.29) is 5.91 Å². The Hall–Kier alpha value is -3.26. The number of rotatable bonds is 5. The van der Waals surface area contributed by atoms with Crippen LogP contribution >= 0.6 is 11.6 Å². The van der Waals surface area contributed by atoms with Crippen molar-refractivity contribution in [3.63, 3.8) is 0 Å². The highest BCUT2D eigenvalue weighted by Crippen LogP contribution is 2.34. The fraction of sp³-hybridized carbons (Fsp3) is 0.464. The highest BCUT2D eigenvalue weighted by molar-refractivity contribution is 6.31. The summed E-state index contributed by atoms with van der Waals surface area (Å²) in [7, 11) is 3.18. The van der Waals surface area contributed by atoms with Crippen LogP contribution in [0, 0.1) is 16.4 Å². The van der Waals surface area contributed by atoms with E-state index in [0.717, 1.165) is 10.4 Å². The van der Waals surface area contributed by atoms with Gasteiger partial charge in [-0.15, -0.1) is 0 Å². The van der Waals surface area contributed by atoms with Gasteiger partial charge in [-0.3, -0.25) is 4.79 Å². The van der Waals surface area contributed by atoms with Gasteiger partial charge in [-0.2, -0.15) is 4.98 Å². The Morgan fingerprint density at radius 1 is 1.00 bits per heavy atom. The van der Waals surface area contributed by atoms with Crippen molar-refractivity contribution in [2.24, 2.45) is 5.92 Å². The smallest absolute Gasteiger partial charge is 0.228 e. The topological polar surface area (TPSA) is 93.8 Å². The van der Waals surface area contributed by atoms with Crippen LogP contribution in [0.5, 0.6) is 11.5 Å². The van der Waals surface area contributed by atoms with Gasteiger partial charge in [0.05, 0.1) is 19.7 Å². The summed E-state index contributed by atoms with van der Waals surface area (Å²) in [5.74, 6) is 3.06. The van der Waals surface area contributed by atoms with Crippen LogP contribution in [0.2, 0.25) is 5.02 Å². The first-order chi connectivity index (χ1) is 18.0. The standard InChI is InChI=1S/C22H31N5O3.C6H3Cl/c1-29-18-13-16-17(14-19(18)30-2)24-22(25-21(16)23)27-10-8-26(9-11-27)20(28)12-15-6-4-3-5-7-15;7-6-3-4-1-2-5(4)6/h13-15H,3-12H2,1-2H3,(H2,23,24,25);1-3H. The Morgan fingerprint density at radius 3 is 2.24 bits per heavy atom. The molecule has 4 aliphatic rings. The summed E-state index contributed by atoms with van der Waals surface area (Å²) in [5.41, 5.74) is 6.93. The second-order valence-electron chi connectivity index (χ2n) is 9.90. The van der Waals surface area contributed by atoms with E-state index in [2.05, 4.69) is 16.0 Å². The van der Waals surface area contributed by atoms with Crippen LogP contribution in [0.4, 0.5) is 11.8 Å². The van der Waals surface area contributed by atoms with E-state index in [1.165, 1.54) is 42.5 Å². The molecule has 0 bridgehead atoms. The molecule has 2 N–H and O–H groups in total. The van der Waals surface area contributed by atoms with E-state index in [9.17, 15) is 4.79 Å². The molecule has 0 unspecified atom stereocenters. The van der Waals surface area contributed by atoms with E-state index in [1.807, 2.05) is 23.1 Å². The molecule has 2 aromatic rings. The Kier molecular flexibility index (Phi) is 7.55. The van der Waals surface area contributed by atoms with Crippen LogP contribution in [0.15, 0.2) is 30.3 Å². The van der Waals surface area contributed by atoms with Gasteiger partial charge in [0.25, 0.3) is 0 Å². The summed E-state index contributed by atoms with van der Waals surface area (Å²) >= 11 is 5.60. The van der Waals surface area contributed by atoms with Gasteiger partial charge < -0.3 is 25.0 Å². The average Bonchev–Trinajstić information content (AvgIpc) is 2.91. The maximum absolute atomic E-state index is 12.7. The highest BCUT2D eigenvalue weighted by Gasteiger charge is 2.26. The molecule has 1 amide bonds. The minimum atomic E-state index is 0.289. The SMILES string of the molecule is COc1cc2nc(N3CCN(C(=O)CC4CCCCC4)CC3)nc(N)c2cc1OC.Clc1cc2ccc1=2. The Morgan fingerprint density at radius 2 is 1.70 bits per heavy atom. The van der Waals surface area contributed by atoms with Crippen LogP contribution in [0.25, 0.3) is 10.9 Å². The molecule has 1 aliphatic heterocycles. The summed E-state index contributed by atoms with van der Waals surface area (Å²) in [6.45, 7) is 2.79. The maximum Gasteiger partial charge on any atom is 0.228 e. The lowest BCUT2D eigenvalue weighted by atomic mass is 9.86. The summed E-state index contributed by atoms with van der Waals surface area (Å²) in [4.78, 5) is 26.0. The van der Waals surface area contributed by atoms with Crippen LogP contribution < -0.4 is 20.1 Å². The van der Waals surface area contributed by atoms with Gasteiger partial charge in [0, 0.05) is 54.3 Å². The van der Waals surface area contributed by atoms with Gasteiger partial charge in [0.1, 0.15) is 5.82 Å². The van der Waals surface area contributed by atoms with Crippen molar-refractivity contribution in [1.29, 1.82) is 0 Å². The number of nitrogen functional groups attached to an aromatic ring is 1. The second-order valence-corrected chi connectivity index (χ2v) is 10.3. The molecule has 196 valence electrons. The molecule has 1 aromatic carbocycles. The number of aromatic nitrogens is 2. The zero-order valence-electron chi connectivity index (χ0n) is 21.5. The molecule has 0 radical (unpaired) electrons. The summed E-state index contributed by atoms with van der Waals surface area (Å²) in [6, 6.07) is 9.67. The fourth-order valence-electron chi connectivity index (χ4n) is 5.27. The van der Waals surface area contributed by atoms with Gasteiger partial charge in [-0.25, -0.2) is 4.98 Å². The zero-order chi connectivity index (χ0) is 25.9. The molecule has 37 heavy (non-hydrogen) atoms. The number of halogens is 1. The number of ether oxygens (including phenoxy) is 2. The van der Waals surface area contributed by atoms with Crippen LogP contribution in [0.1, 0.15) is 38.5 Å². The number of fused-ring (bicyclic) bond motifs is 1. The molecule has 2 heterocycles. The summed E-state index contributed by atoms with van der Waals surface area (Å²) < 4.78 is 10.7. The monoisotopic (exact) mass is 523 g/mol. The third kappa shape index (κ3) is 5.39. The molecule has 0 atom stereocenters. The van der Waals surface area contributed by atoms with Crippen molar-refractivity contribution in [2.75, 3.05) is 51.0 Å². The first-order valence-corrected chi connectivity index (χ1v) is 13.4. The lowest BCUT2D eigenvalue weighted by Gasteiger charge is -2.35.